The third kappa shape index (κ3) is 3.74. The second-order valence-electron chi connectivity index (χ2n) is 4.87. The van der Waals surface area contributed by atoms with Gasteiger partial charge in [-0.1, -0.05) is 6.42 Å². The largest absolute Gasteiger partial charge is 0.353 e. The van der Waals surface area contributed by atoms with Gasteiger partial charge in [-0.25, -0.2) is 0 Å². The molecule has 0 N–H and O–H groups in total. The van der Waals surface area contributed by atoms with Crippen LogP contribution in [0.25, 0.3) is 0 Å². The molecule has 1 aliphatic carbocycles. The maximum absolute atomic E-state index is 5.52. The highest BCUT2D eigenvalue weighted by atomic mass is 16.7. The highest BCUT2D eigenvalue weighted by molar-refractivity contribution is 4.72. The number of nitrogens with zero attached hydrogens (tertiary/aromatic N) is 1. The summed E-state index contributed by atoms with van der Waals surface area (Å²) in [6, 6.07) is 0. The van der Waals surface area contributed by atoms with E-state index in [1.54, 1.807) is 0 Å². The van der Waals surface area contributed by atoms with Crippen LogP contribution in [0.15, 0.2) is 0 Å². The molecule has 88 valence electrons. The maximum Gasteiger partial charge on any atom is 0.158 e. The van der Waals surface area contributed by atoms with Gasteiger partial charge in [-0.15, -0.1) is 0 Å². The minimum Gasteiger partial charge on any atom is -0.353 e. The summed E-state index contributed by atoms with van der Waals surface area (Å²) in [4.78, 5) is 2.42. The Morgan fingerprint density at radius 3 is 2.47 bits per heavy atom. The van der Waals surface area contributed by atoms with E-state index in [2.05, 4.69) is 11.9 Å². The maximum atomic E-state index is 5.52. The van der Waals surface area contributed by atoms with Crippen LogP contribution in [0.4, 0.5) is 0 Å². The van der Waals surface area contributed by atoms with E-state index in [1.165, 1.54) is 25.8 Å². The first-order chi connectivity index (χ1) is 7.34. The summed E-state index contributed by atoms with van der Waals surface area (Å²) in [6.07, 6.45) is 6.43. The van der Waals surface area contributed by atoms with Gasteiger partial charge in [0, 0.05) is 19.5 Å². The normalized spacial score (nSPS) is 24.4. The van der Waals surface area contributed by atoms with Gasteiger partial charge in [0.05, 0.1) is 13.2 Å². The molecule has 3 heteroatoms. The van der Waals surface area contributed by atoms with Crippen LogP contribution in [0.1, 0.15) is 32.1 Å². The van der Waals surface area contributed by atoms with Crippen LogP contribution in [0.2, 0.25) is 0 Å². The molecule has 0 radical (unpaired) electrons. The first-order valence-electron chi connectivity index (χ1n) is 6.26. The number of hydrogen-bond acceptors (Lipinski definition) is 3. The molecule has 0 atom stereocenters. The Labute approximate surface area is 92.7 Å². The fourth-order valence-electron chi connectivity index (χ4n) is 2.24. The summed E-state index contributed by atoms with van der Waals surface area (Å²) >= 11 is 0. The number of ether oxygens (including phenoxy) is 2. The fourth-order valence-corrected chi connectivity index (χ4v) is 2.24. The van der Waals surface area contributed by atoms with Gasteiger partial charge in [0.15, 0.2) is 6.29 Å². The summed E-state index contributed by atoms with van der Waals surface area (Å²) in [5.74, 6) is 0.961. The Kier molecular flexibility index (Phi) is 4.42. The first-order valence-corrected chi connectivity index (χ1v) is 6.26. The molecule has 2 fully saturated rings. The van der Waals surface area contributed by atoms with Crippen LogP contribution in [-0.4, -0.2) is 44.5 Å². The summed E-state index contributed by atoms with van der Waals surface area (Å²) < 4.78 is 11.0. The predicted molar refractivity (Wildman–Crippen MR) is 59.8 cm³/mol. The third-order valence-corrected chi connectivity index (χ3v) is 3.44. The summed E-state index contributed by atoms with van der Waals surface area (Å²) in [6.45, 7) is 4.10. The molecule has 1 heterocycles. The van der Waals surface area contributed by atoms with Crippen LogP contribution >= 0.6 is 0 Å². The second-order valence-corrected chi connectivity index (χ2v) is 4.87. The molecule has 1 aliphatic heterocycles. The van der Waals surface area contributed by atoms with Crippen molar-refractivity contribution in [3.8, 4) is 0 Å². The topological polar surface area (TPSA) is 21.7 Å². The number of rotatable bonds is 5. The summed E-state index contributed by atoms with van der Waals surface area (Å²) in [5.41, 5.74) is 0. The lowest BCUT2D eigenvalue weighted by atomic mass is 9.85. The van der Waals surface area contributed by atoms with E-state index in [0.717, 1.165) is 38.5 Å². The average Bonchev–Trinajstić information content (AvgIpc) is 2.22. The van der Waals surface area contributed by atoms with E-state index >= 15 is 0 Å². The van der Waals surface area contributed by atoms with Gasteiger partial charge in [-0.2, -0.15) is 0 Å². The first kappa shape index (κ1) is 11.4. The van der Waals surface area contributed by atoms with Crippen LogP contribution in [0, 0.1) is 5.92 Å². The molecule has 0 aromatic heterocycles. The molecule has 2 rings (SSSR count). The zero-order valence-electron chi connectivity index (χ0n) is 9.78. The van der Waals surface area contributed by atoms with Crippen molar-refractivity contribution >= 4 is 0 Å². The zero-order valence-corrected chi connectivity index (χ0v) is 9.78. The predicted octanol–water partition coefficient (Wildman–Crippen LogP) is 1.87. The van der Waals surface area contributed by atoms with Gasteiger partial charge >= 0.3 is 0 Å². The van der Waals surface area contributed by atoms with Crippen molar-refractivity contribution in [3.05, 3.63) is 0 Å². The van der Waals surface area contributed by atoms with Crippen LogP contribution in [0.5, 0.6) is 0 Å². The highest BCUT2D eigenvalue weighted by Crippen LogP contribution is 2.26. The standard InChI is InChI=1S/C12H23NO2/c1-13(10-11-4-2-5-11)7-6-12-14-8-3-9-15-12/h11-12H,2-10H2,1H3. The summed E-state index contributed by atoms with van der Waals surface area (Å²) in [7, 11) is 2.21. The van der Waals surface area contributed by atoms with Gasteiger partial charge in [0.1, 0.15) is 0 Å². The van der Waals surface area contributed by atoms with E-state index < -0.39 is 0 Å². The Bertz CT molecular complexity index is 176. The highest BCUT2D eigenvalue weighted by Gasteiger charge is 2.20. The van der Waals surface area contributed by atoms with Crippen LogP contribution in [-0.2, 0) is 9.47 Å². The van der Waals surface area contributed by atoms with E-state index in [4.69, 9.17) is 9.47 Å². The lowest BCUT2D eigenvalue weighted by Gasteiger charge is -2.31. The summed E-state index contributed by atoms with van der Waals surface area (Å²) in [5, 5.41) is 0. The van der Waals surface area contributed by atoms with Gasteiger partial charge in [0.25, 0.3) is 0 Å². The molecule has 0 amide bonds. The molecule has 0 unspecified atom stereocenters. The van der Waals surface area contributed by atoms with Crippen LogP contribution < -0.4 is 0 Å². The Hall–Kier alpha value is -0.120. The van der Waals surface area contributed by atoms with Crippen molar-refractivity contribution in [1.82, 2.24) is 4.90 Å². The van der Waals surface area contributed by atoms with Gasteiger partial charge < -0.3 is 14.4 Å². The Morgan fingerprint density at radius 2 is 1.87 bits per heavy atom. The molecular weight excluding hydrogens is 190 g/mol. The average molecular weight is 213 g/mol. The Balaban J connectivity index is 1.55. The SMILES string of the molecule is CN(CCC1OCCCO1)CC1CCC1. The molecule has 0 aromatic rings. The minimum atomic E-state index is 0.0580. The fraction of sp³-hybridized carbons (Fsp3) is 1.00. The molecule has 15 heavy (non-hydrogen) atoms. The van der Waals surface area contributed by atoms with Gasteiger partial charge in [0.2, 0.25) is 0 Å². The molecule has 0 spiro atoms. The molecule has 1 saturated carbocycles. The molecule has 0 bridgehead atoms. The molecule has 2 aliphatic rings. The smallest absolute Gasteiger partial charge is 0.158 e. The van der Waals surface area contributed by atoms with Crippen molar-refractivity contribution in [2.24, 2.45) is 5.92 Å². The molecule has 0 aromatic carbocycles. The number of hydrogen-bond donors (Lipinski definition) is 0. The Morgan fingerprint density at radius 1 is 1.13 bits per heavy atom. The van der Waals surface area contributed by atoms with E-state index in [0.29, 0.717) is 0 Å². The van der Waals surface area contributed by atoms with Gasteiger partial charge in [-0.3, -0.25) is 0 Å². The zero-order chi connectivity index (χ0) is 10.5. The van der Waals surface area contributed by atoms with Crippen molar-refractivity contribution in [2.45, 2.75) is 38.4 Å². The van der Waals surface area contributed by atoms with Crippen molar-refractivity contribution in [1.29, 1.82) is 0 Å². The quantitative estimate of drug-likeness (QED) is 0.696. The van der Waals surface area contributed by atoms with Crippen molar-refractivity contribution < 1.29 is 9.47 Å². The molecule has 1 saturated heterocycles. The van der Waals surface area contributed by atoms with Crippen LogP contribution in [0.3, 0.4) is 0 Å². The van der Waals surface area contributed by atoms with Gasteiger partial charge in [-0.05, 0) is 32.2 Å². The van der Waals surface area contributed by atoms with E-state index in [-0.39, 0.29) is 6.29 Å². The molecular formula is C12H23NO2. The third-order valence-electron chi connectivity index (χ3n) is 3.44. The lowest BCUT2D eigenvalue weighted by molar-refractivity contribution is -0.182. The monoisotopic (exact) mass is 213 g/mol. The van der Waals surface area contributed by atoms with Crippen molar-refractivity contribution in [2.75, 3.05) is 33.4 Å². The van der Waals surface area contributed by atoms with Crippen molar-refractivity contribution in [3.63, 3.8) is 0 Å². The van der Waals surface area contributed by atoms with E-state index in [9.17, 15) is 0 Å². The van der Waals surface area contributed by atoms with E-state index in [1.807, 2.05) is 0 Å². The molecule has 3 nitrogen and oxygen atoms in total. The lowest BCUT2D eigenvalue weighted by Crippen LogP contribution is -2.33. The second kappa shape index (κ2) is 5.83. The minimum absolute atomic E-state index is 0.0580.